The fourth-order valence-electron chi connectivity index (χ4n) is 4.26. The predicted octanol–water partition coefficient (Wildman–Crippen LogP) is 1.92. The maximum atomic E-state index is 13.0. The van der Waals surface area contributed by atoms with Gasteiger partial charge in [0.05, 0.1) is 5.92 Å². The summed E-state index contributed by atoms with van der Waals surface area (Å²) in [5.41, 5.74) is 0.653. The van der Waals surface area contributed by atoms with E-state index < -0.39 is 0 Å². The number of piperidine rings is 2. The quantitative estimate of drug-likeness (QED) is 0.860. The average molecular weight is 370 g/mol. The number of likely N-dealkylation sites (tertiary alicyclic amines) is 2. The number of amides is 2. The molecule has 6 heteroatoms. The Morgan fingerprint density at radius 2 is 1.74 bits per heavy atom. The Morgan fingerprint density at radius 3 is 2.44 bits per heavy atom. The Labute approximate surface area is 161 Å². The number of carbonyl (C=O) groups is 2. The van der Waals surface area contributed by atoms with E-state index in [9.17, 15) is 9.59 Å². The number of nitrogens with zero attached hydrogens (tertiary/aromatic N) is 3. The Hall–Kier alpha value is -1.95. The molecule has 3 aliphatic rings. The van der Waals surface area contributed by atoms with E-state index in [-0.39, 0.29) is 17.7 Å². The van der Waals surface area contributed by atoms with Crippen LogP contribution in [0.5, 0.6) is 0 Å². The Balaban J connectivity index is 1.28. The Kier molecular flexibility index (Phi) is 5.72. The Bertz CT molecular complexity index is 653. The van der Waals surface area contributed by atoms with Crippen molar-refractivity contribution in [1.29, 1.82) is 0 Å². The molecule has 1 N–H and O–H groups in total. The molecular weight excluding hydrogens is 340 g/mol. The highest BCUT2D eigenvalue weighted by Gasteiger charge is 2.33. The molecule has 0 radical (unpaired) electrons. The van der Waals surface area contributed by atoms with E-state index in [1.54, 1.807) is 24.5 Å². The fourth-order valence-corrected chi connectivity index (χ4v) is 4.26. The molecule has 0 aromatic carbocycles. The monoisotopic (exact) mass is 370 g/mol. The van der Waals surface area contributed by atoms with Gasteiger partial charge in [-0.1, -0.05) is 0 Å². The molecule has 3 heterocycles. The molecule has 6 nitrogen and oxygen atoms in total. The number of pyridine rings is 1. The molecule has 146 valence electrons. The van der Waals surface area contributed by atoms with Crippen molar-refractivity contribution in [3.63, 3.8) is 0 Å². The minimum Gasteiger partial charge on any atom is -0.342 e. The fraction of sp³-hybridized carbons (Fsp3) is 0.667. The first kappa shape index (κ1) is 18.4. The van der Waals surface area contributed by atoms with Crippen LogP contribution in [0.25, 0.3) is 0 Å². The molecule has 0 bridgehead atoms. The Morgan fingerprint density at radius 1 is 1.00 bits per heavy atom. The first-order valence-electron chi connectivity index (χ1n) is 10.4. The SMILES string of the molecule is O=C(c1ccncc1)N1CCCC(C(=O)N2CCC(NCC3CC3)CC2)C1. The van der Waals surface area contributed by atoms with Gasteiger partial charge in [-0.2, -0.15) is 0 Å². The number of carbonyl (C=O) groups excluding carboxylic acids is 2. The third-order valence-corrected chi connectivity index (χ3v) is 6.18. The second-order valence-corrected chi connectivity index (χ2v) is 8.28. The van der Waals surface area contributed by atoms with Crippen LogP contribution < -0.4 is 5.32 Å². The van der Waals surface area contributed by atoms with Crippen molar-refractivity contribution in [3.05, 3.63) is 30.1 Å². The van der Waals surface area contributed by atoms with Gasteiger partial charge in [-0.25, -0.2) is 0 Å². The molecule has 1 aromatic rings. The van der Waals surface area contributed by atoms with Gasteiger partial charge in [-0.05, 0) is 63.1 Å². The number of hydrogen-bond acceptors (Lipinski definition) is 4. The van der Waals surface area contributed by atoms with Gasteiger partial charge in [-0.3, -0.25) is 14.6 Å². The van der Waals surface area contributed by atoms with Gasteiger partial charge < -0.3 is 15.1 Å². The molecule has 27 heavy (non-hydrogen) atoms. The van der Waals surface area contributed by atoms with Crippen LogP contribution >= 0.6 is 0 Å². The molecule has 2 saturated heterocycles. The third kappa shape index (κ3) is 4.67. The van der Waals surface area contributed by atoms with Crippen LogP contribution in [0.2, 0.25) is 0 Å². The van der Waals surface area contributed by atoms with Gasteiger partial charge in [0.1, 0.15) is 0 Å². The van der Waals surface area contributed by atoms with E-state index in [1.165, 1.54) is 12.8 Å². The molecule has 1 saturated carbocycles. The summed E-state index contributed by atoms with van der Waals surface area (Å²) in [5, 5.41) is 3.67. The number of nitrogens with one attached hydrogen (secondary N) is 1. The van der Waals surface area contributed by atoms with Gasteiger partial charge in [0.25, 0.3) is 5.91 Å². The summed E-state index contributed by atoms with van der Waals surface area (Å²) in [6.07, 6.45) is 9.91. The second-order valence-electron chi connectivity index (χ2n) is 8.28. The normalized spacial score (nSPS) is 24.1. The van der Waals surface area contributed by atoms with Crippen molar-refractivity contribution in [2.24, 2.45) is 11.8 Å². The van der Waals surface area contributed by atoms with Crippen LogP contribution in [-0.2, 0) is 4.79 Å². The van der Waals surface area contributed by atoms with Crippen molar-refractivity contribution in [2.45, 2.75) is 44.6 Å². The smallest absolute Gasteiger partial charge is 0.253 e. The summed E-state index contributed by atoms with van der Waals surface area (Å²) >= 11 is 0. The summed E-state index contributed by atoms with van der Waals surface area (Å²) < 4.78 is 0. The zero-order valence-corrected chi connectivity index (χ0v) is 16.0. The van der Waals surface area contributed by atoms with E-state index in [1.807, 2.05) is 9.80 Å². The van der Waals surface area contributed by atoms with Gasteiger partial charge in [0.2, 0.25) is 5.91 Å². The number of rotatable bonds is 5. The first-order valence-corrected chi connectivity index (χ1v) is 10.4. The molecule has 1 unspecified atom stereocenters. The molecule has 4 rings (SSSR count). The number of aromatic nitrogens is 1. The largest absolute Gasteiger partial charge is 0.342 e. The van der Waals surface area contributed by atoms with Crippen molar-refractivity contribution >= 4 is 11.8 Å². The lowest BCUT2D eigenvalue weighted by atomic mass is 9.94. The predicted molar refractivity (Wildman–Crippen MR) is 103 cm³/mol. The summed E-state index contributed by atoms with van der Waals surface area (Å²) in [5.74, 6) is 1.09. The number of hydrogen-bond donors (Lipinski definition) is 1. The lowest BCUT2D eigenvalue weighted by Gasteiger charge is -2.38. The molecule has 1 atom stereocenters. The van der Waals surface area contributed by atoms with Crippen molar-refractivity contribution in [3.8, 4) is 0 Å². The van der Waals surface area contributed by atoms with Crippen molar-refractivity contribution < 1.29 is 9.59 Å². The van der Waals surface area contributed by atoms with Gasteiger partial charge in [-0.15, -0.1) is 0 Å². The molecule has 2 amide bonds. The molecule has 3 fully saturated rings. The highest BCUT2D eigenvalue weighted by Crippen LogP contribution is 2.28. The highest BCUT2D eigenvalue weighted by molar-refractivity contribution is 5.94. The topological polar surface area (TPSA) is 65.5 Å². The standard InChI is InChI=1S/C21H30N4O2/c26-20(17-5-9-22-10-6-17)25-11-1-2-18(15-25)21(27)24-12-7-19(8-13-24)23-14-16-3-4-16/h5-6,9-10,16,18-19,23H,1-4,7-8,11-15H2. The maximum absolute atomic E-state index is 13.0. The summed E-state index contributed by atoms with van der Waals surface area (Å²) in [6, 6.07) is 4.05. The van der Waals surface area contributed by atoms with Crippen LogP contribution in [-0.4, -0.2) is 65.4 Å². The van der Waals surface area contributed by atoms with Crippen LogP contribution in [0.1, 0.15) is 48.9 Å². The van der Waals surface area contributed by atoms with Gasteiger partial charge in [0, 0.05) is 50.2 Å². The van der Waals surface area contributed by atoms with Gasteiger partial charge >= 0.3 is 0 Å². The van der Waals surface area contributed by atoms with Gasteiger partial charge in [0.15, 0.2) is 0 Å². The molecule has 2 aliphatic heterocycles. The molecule has 1 aliphatic carbocycles. The zero-order chi connectivity index (χ0) is 18.6. The van der Waals surface area contributed by atoms with Crippen molar-refractivity contribution in [2.75, 3.05) is 32.7 Å². The molecule has 0 spiro atoms. The van der Waals surface area contributed by atoms with E-state index in [2.05, 4.69) is 10.3 Å². The first-order chi connectivity index (χ1) is 13.2. The lowest BCUT2D eigenvalue weighted by molar-refractivity contribution is -0.138. The van der Waals surface area contributed by atoms with Crippen LogP contribution in [0, 0.1) is 11.8 Å². The summed E-state index contributed by atoms with van der Waals surface area (Å²) in [6.45, 7) is 4.11. The maximum Gasteiger partial charge on any atom is 0.253 e. The highest BCUT2D eigenvalue weighted by atomic mass is 16.2. The minimum atomic E-state index is -0.0551. The van der Waals surface area contributed by atoms with Crippen LogP contribution in [0.3, 0.4) is 0 Å². The molecule has 1 aromatic heterocycles. The minimum absolute atomic E-state index is 0.0119. The van der Waals surface area contributed by atoms with Crippen LogP contribution in [0.15, 0.2) is 24.5 Å². The van der Waals surface area contributed by atoms with E-state index in [0.29, 0.717) is 18.2 Å². The summed E-state index contributed by atoms with van der Waals surface area (Å²) in [7, 11) is 0. The average Bonchev–Trinajstić information content (AvgIpc) is 3.57. The second kappa shape index (κ2) is 8.38. The van der Waals surface area contributed by atoms with E-state index in [4.69, 9.17) is 0 Å². The molecular formula is C21H30N4O2. The van der Waals surface area contributed by atoms with Crippen LogP contribution in [0.4, 0.5) is 0 Å². The lowest BCUT2D eigenvalue weighted by Crippen LogP contribution is -2.50. The van der Waals surface area contributed by atoms with E-state index >= 15 is 0 Å². The van der Waals surface area contributed by atoms with E-state index in [0.717, 1.165) is 57.8 Å². The van der Waals surface area contributed by atoms with Crippen molar-refractivity contribution in [1.82, 2.24) is 20.1 Å². The zero-order valence-electron chi connectivity index (χ0n) is 16.0. The summed E-state index contributed by atoms with van der Waals surface area (Å²) in [4.78, 5) is 33.5. The third-order valence-electron chi connectivity index (χ3n) is 6.18.